The number of sulfone groups is 1. The van der Waals surface area contributed by atoms with Crippen LogP contribution in [-0.4, -0.2) is 37.0 Å². The van der Waals surface area contributed by atoms with Crippen molar-refractivity contribution in [3.8, 4) is 0 Å². The molecule has 1 aliphatic rings. The van der Waals surface area contributed by atoms with Crippen molar-refractivity contribution < 1.29 is 22.8 Å². The largest absolute Gasteiger partial charge is 0.326 e. The Hall–Kier alpha value is -2.65. The molecule has 2 N–H and O–H groups in total. The minimum absolute atomic E-state index is 0.0869. The molecule has 0 aliphatic carbocycles. The summed E-state index contributed by atoms with van der Waals surface area (Å²) in [6.07, 6.45) is 0.420. The van der Waals surface area contributed by atoms with Gasteiger partial charge in [-0.3, -0.25) is 14.4 Å². The predicted molar refractivity (Wildman–Crippen MR) is 117 cm³/mol. The Morgan fingerprint density at radius 3 is 2.63 bits per heavy atom. The Balaban J connectivity index is 1.67. The number of anilines is 2. The van der Waals surface area contributed by atoms with Crippen LogP contribution in [0.2, 0.25) is 0 Å². The van der Waals surface area contributed by atoms with Crippen LogP contribution in [0, 0.1) is 0 Å². The molecule has 2 amide bonds. The van der Waals surface area contributed by atoms with E-state index in [1.165, 1.54) is 24.8 Å². The standard InChI is InChI=1S/C21H22N2O5S2/c1-3-18-21(26)23-17-8-7-16(12-19(17)29-18)30(27,28)10-9-20(25)22-15-6-4-5-14(11-15)13(2)24/h4-8,11-12,18H,3,9-10H2,1-2H3,(H,22,25)(H,23,26)/t18-/m1/s1. The molecule has 7 nitrogen and oxygen atoms in total. The highest BCUT2D eigenvalue weighted by Gasteiger charge is 2.27. The summed E-state index contributed by atoms with van der Waals surface area (Å²) in [4.78, 5) is 36.4. The Morgan fingerprint density at radius 2 is 1.93 bits per heavy atom. The number of benzene rings is 2. The van der Waals surface area contributed by atoms with Crippen LogP contribution >= 0.6 is 11.8 Å². The van der Waals surface area contributed by atoms with Gasteiger partial charge in [0.2, 0.25) is 11.8 Å². The average molecular weight is 447 g/mol. The Labute approximate surface area is 179 Å². The summed E-state index contributed by atoms with van der Waals surface area (Å²) < 4.78 is 25.4. The first-order chi connectivity index (χ1) is 14.2. The highest BCUT2D eigenvalue weighted by Crippen LogP contribution is 2.38. The van der Waals surface area contributed by atoms with Gasteiger partial charge in [-0.05, 0) is 43.7 Å². The van der Waals surface area contributed by atoms with Crippen molar-refractivity contribution in [1.29, 1.82) is 0 Å². The fraction of sp³-hybridized carbons (Fsp3) is 0.286. The molecule has 0 bridgehead atoms. The van der Waals surface area contributed by atoms with E-state index in [2.05, 4.69) is 10.6 Å². The van der Waals surface area contributed by atoms with Gasteiger partial charge in [-0.1, -0.05) is 19.1 Å². The van der Waals surface area contributed by atoms with Gasteiger partial charge in [0.15, 0.2) is 15.6 Å². The highest BCUT2D eigenvalue weighted by atomic mass is 32.2. The van der Waals surface area contributed by atoms with Gasteiger partial charge in [0.1, 0.15) is 0 Å². The molecule has 0 saturated carbocycles. The summed E-state index contributed by atoms with van der Waals surface area (Å²) in [6, 6.07) is 11.0. The van der Waals surface area contributed by atoms with Gasteiger partial charge in [0, 0.05) is 22.6 Å². The van der Waals surface area contributed by atoms with Gasteiger partial charge in [-0.25, -0.2) is 8.42 Å². The van der Waals surface area contributed by atoms with E-state index in [4.69, 9.17) is 0 Å². The van der Waals surface area contributed by atoms with Crippen molar-refractivity contribution >= 4 is 50.6 Å². The summed E-state index contributed by atoms with van der Waals surface area (Å²) in [5, 5.41) is 5.15. The van der Waals surface area contributed by atoms with E-state index in [0.717, 1.165) is 0 Å². The molecule has 3 rings (SSSR count). The molecule has 0 radical (unpaired) electrons. The highest BCUT2D eigenvalue weighted by molar-refractivity contribution is 8.01. The quantitative estimate of drug-likeness (QED) is 0.630. The van der Waals surface area contributed by atoms with Crippen LogP contribution in [0.3, 0.4) is 0 Å². The first-order valence-electron chi connectivity index (χ1n) is 9.45. The lowest BCUT2D eigenvalue weighted by Gasteiger charge is -2.23. The van der Waals surface area contributed by atoms with E-state index in [9.17, 15) is 22.8 Å². The number of Topliss-reactive ketones (excluding diaryl/α,β-unsaturated/α-hetero) is 1. The number of rotatable bonds is 7. The second-order valence-electron chi connectivity index (χ2n) is 6.92. The van der Waals surface area contributed by atoms with Crippen molar-refractivity contribution in [1.82, 2.24) is 0 Å². The molecule has 1 aliphatic heterocycles. The fourth-order valence-corrected chi connectivity index (χ4v) is 5.39. The Kier molecular flexibility index (Phi) is 6.62. The predicted octanol–water partition coefficient (Wildman–Crippen LogP) is 3.51. The minimum atomic E-state index is -3.68. The van der Waals surface area contributed by atoms with E-state index in [1.54, 1.807) is 36.4 Å². The fourth-order valence-electron chi connectivity index (χ4n) is 2.97. The van der Waals surface area contributed by atoms with E-state index in [0.29, 0.717) is 28.3 Å². The van der Waals surface area contributed by atoms with E-state index in [-0.39, 0.29) is 34.0 Å². The van der Waals surface area contributed by atoms with Gasteiger partial charge >= 0.3 is 0 Å². The molecule has 30 heavy (non-hydrogen) atoms. The molecule has 1 heterocycles. The van der Waals surface area contributed by atoms with E-state index < -0.39 is 15.7 Å². The lowest BCUT2D eigenvalue weighted by molar-refractivity contribution is -0.116. The van der Waals surface area contributed by atoms with Crippen LogP contribution in [0.4, 0.5) is 11.4 Å². The van der Waals surface area contributed by atoms with Crippen LogP contribution in [0.5, 0.6) is 0 Å². The molecule has 0 aromatic heterocycles. The molecule has 0 saturated heterocycles. The molecule has 158 valence electrons. The number of fused-ring (bicyclic) bond motifs is 1. The summed E-state index contributed by atoms with van der Waals surface area (Å²) in [5.41, 5.74) is 1.50. The second kappa shape index (κ2) is 9.01. The van der Waals surface area contributed by atoms with Crippen LogP contribution in [0.25, 0.3) is 0 Å². The smallest absolute Gasteiger partial charge is 0.237 e. The zero-order chi connectivity index (χ0) is 21.9. The third-order valence-corrected chi connectivity index (χ3v) is 7.79. The number of hydrogen-bond acceptors (Lipinski definition) is 6. The first kappa shape index (κ1) is 22.0. The van der Waals surface area contributed by atoms with Crippen LogP contribution in [0.1, 0.15) is 37.0 Å². The van der Waals surface area contributed by atoms with Gasteiger partial charge in [-0.15, -0.1) is 11.8 Å². The monoisotopic (exact) mass is 446 g/mol. The SMILES string of the molecule is CC[C@H]1Sc2cc(S(=O)(=O)CCC(=O)Nc3cccc(C(C)=O)c3)ccc2NC1=O. The number of nitrogens with one attached hydrogen (secondary N) is 2. The van der Waals surface area contributed by atoms with Crippen molar-refractivity contribution in [3.05, 3.63) is 48.0 Å². The Bertz CT molecular complexity index is 1110. The number of thioether (sulfide) groups is 1. The maximum Gasteiger partial charge on any atom is 0.237 e. The molecule has 0 unspecified atom stereocenters. The topological polar surface area (TPSA) is 109 Å². The third-order valence-electron chi connectivity index (χ3n) is 4.65. The van der Waals surface area contributed by atoms with Gasteiger partial charge in [0.05, 0.1) is 21.6 Å². The molecule has 2 aromatic carbocycles. The lowest BCUT2D eigenvalue weighted by atomic mass is 10.1. The van der Waals surface area contributed by atoms with Crippen molar-refractivity contribution in [3.63, 3.8) is 0 Å². The molecule has 2 aromatic rings. The van der Waals surface area contributed by atoms with Crippen molar-refractivity contribution in [2.75, 3.05) is 16.4 Å². The third kappa shape index (κ3) is 5.09. The van der Waals surface area contributed by atoms with Gasteiger partial charge in [-0.2, -0.15) is 0 Å². The molecule has 0 spiro atoms. The first-order valence-corrected chi connectivity index (χ1v) is 12.0. The summed E-state index contributed by atoms with van der Waals surface area (Å²) in [6.45, 7) is 3.33. The maximum atomic E-state index is 12.7. The second-order valence-corrected chi connectivity index (χ2v) is 10.3. The van der Waals surface area contributed by atoms with Crippen LogP contribution in [-0.2, 0) is 19.4 Å². The maximum absolute atomic E-state index is 12.7. The Morgan fingerprint density at radius 1 is 1.17 bits per heavy atom. The van der Waals surface area contributed by atoms with Gasteiger partial charge < -0.3 is 10.6 Å². The van der Waals surface area contributed by atoms with Crippen molar-refractivity contribution in [2.24, 2.45) is 0 Å². The molecular weight excluding hydrogens is 424 g/mol. The van der Waals surface area contributed by atoms with E-state index >= 15 is 0 Å². The lowest BCUT2D eigenvalue weighted by Crippen LogP contribution is -2.28. The van der Waals surface area contributed by atoms with Crippen LogP contribution in [0.15, 0.2) is 52.3 Å². The summed E-state index contributed by atoms with van der Waals surface area (Å²) in [7, 11) is -3.68. The number of amides is 2. The average Bonchev–Trinajstić information content (AvgIpc) is 2.71. The molecular formula is C21H22N2O5S2. The normalized spacial score (nSPS) is 15.8. The molecule has 1 atom stereocenters. The summed E-state index contributed by atoms with van der Waals surface area (Å²) >= 11 is 1.34. The van der Waals surface area contributed by atoms with Crippen LogP contribution < -0.4 is 10.6 Å². The number of ketones is 1. The van der Waals surface area contributed by atoms with Crippen molar-refractivity contribution in [2.45, 2.75) is 41.7 Å². The molecule has 9 heteroatoms. The molecule has 0 fully saturated rings. The number of carbonyl (C=O) groups is 3. The number of carbonyl (C=O) groups excluding carboxylic acids is 3. The minimum Gasteiger partial charge on any atom is -0.326 e. The zero-order valence-corrected chi connectivity index (χ0v) is 18.2. The summed E-state index contributed by atoms with van der Waals surface area (Å²) in [5.74, 6) is -1.01. The van der Waals surface area contributed by atoms with E-state index in [1.807, 2.05) is 6.92 Å². The van der Waals surface area contributed by atoms with Gasteiger partial charge in [0.25, 0.3) is 0 Å². The number of hydrogen-bond donors (Lipinski definition) is 2. The zero-order valence-electron chi connectivity index (χ0n) is 16.6.